The van der Waals surface area contributed by atoms with Crippen molar-refractivity contribution in [3.63, 3.8) is 0 Å². The maximum atomic E-state index is 12.2. The molecule has 2 N–H and O–H groups in total. The molecule has 6 nitrogen and oxygen atoms in total. The Kier molecular flexibility index (Phi) is 2.00. The minimum absolute atomic E-state index is 0.270. The fraction of sp³-hybridized carbons (Fsp3) is 0.0833. The Morgan fingerprint density at radius 3 is 2.61 bits per heavy atom. The van der Waals surface area contributed by atoms with Gasteiger partial charge in [0.1, 0.15) is 0 Å². The Balaban J connectivity index is 2.16. The van der Waals surface area contributed by atoms with Crippen LogP contribution in [0.25, 0.3) is 0 Å². The lowest BCUT2D eigenvalue weighted by molar-refractivity contribution is 0.0926. The molecule has 1 aliphatic rings. The topological polar surface area (TPSA) is 81.2 Å². The fourth-order valence-corrected chi connectivity index (χ4v) is 2.07. The summed E-state index contributed by atoms with van der Waals surface area (Å²) in [6.45, 7) is 0. The molecular formula is C12H10N4O2. The highest BCUT2D eigenvalue weighted by Crippen LogP contribution is 2.31. The van der Waals surface area contributed by atoms with Gasteiger partial charge in [-0.3, -0.25) is 14.3 Å². The van der Waals surface area contributed by atoms with Crippen molar-refractivity contribution in [1.82, 2.24) is 9.78 Å². The van der Waals surface area contributed by atoms with Crippen LogP contribution in [0.2, 0.25) is 0 Å². The monoisotopic (exact) mass is 242 g/mol. The largest absolute Gasteiger partial charge is 0.398 e. The lowest BCUT2D eigenvalue weighted by Gasteiger charge is -2.10. The van der Waals surface area contributed by atoms with E-state index in [0.717, 1.165) is 4.90 Å². The van der Waals surface area contributed by atoms with Crippen LogP contribution in [0, 0.1) is 0 Å². The summed E-state index contributed by atoms with van der Waals surface area (Å²) in [7, 11) is 1.72. The number of hydrogen-bond acceptors (Lipinski definition) is 4. The second kappa shape index (κ2) is 3.43. The zero-order valence-electron chi connectivity index (χ0n) is 9.62. The number of nitrogen functional groups attached to an aromatic ring is 1. The number of hydrogen-bond donors (Lipinski definition) is 1. The number of aryl methyl sites for hydroxylation is 1. The SMILES string of the molecule is Cn1cc(N2C(=O)c3cccc(N)c3C2=O)cn1. The summed E-state index contributed by atoms with van der Waals surface area (Å²) in [5.41, 5.74) is 7.12. The Bertz CT molecular complexity index is 674. The third-order valence-electron chi connectivity index (χ3n) is 2.90. The van der Waals surface area contributed by atoms with E-state index < -0.39 is 5.91 Å². The highest BCUT2D eigenvalue weighted by atomic mass is 16.2. The average molecular weight is 242 g/mol. The number of imide groups is 1. The summed E-state index contributed by atoms with van der Waals surface area (Å²) >= 11 is 0. The number of carbonyl (C=O) groups is 2. The number of nitrogens with zero attached hydrogens (tertiary/aromatic N) is 3. The Morgan fingerprint density at radius 2 is 2.00 bits per heavy atom. The molecule has 0 saturated heterocycles. The van der Waals surface area contributed by atoms with Gasteiger partial charge < -0.3 is 5.73 Å². The van der Waals surface area contributed by atoms with E-state index in [2.05, 4.69) is 5.10 Å². The number of rotatable bonds is 1. The van der Waals surface area contributed by atoms with Gasteiger partial charge in [-0.05, 0) is 12.1 Å². The van der Waals surface area contributed by atoms with Crippen LogP contribution in [0.1, 0.15) is 20.7 Å². The third-order valence-corrected chi connectivity index (χ3v) is 2.90. The molecule has 18 heavy (non-hydrogen) atoms. The number of fused-ring (bicyclic) bond motifs is 1. The van der Waals surface area contributed by atoms with E-state index in [1.165, 1.54) is 10.9 Å². The van der Waals surface area contributed by atoms with Crippen LogP contribution < -0.4 is 10.6 Å². The summed E-state index contributed by atoms with van der Waals surface area (Å²) in [4.78, 5) is 25.5. The van der Waals surface area contributed by atoms with Crippen LogP contribution in [0.4, 0.5) is 11.4 Å². The van der Waals surface area contributed by atoms with Crippen LogP contribution in [0.5, 0.6) is 0 Å². The van der Waals surface area contributed by atoms with Gasteiger partial charge in [-0.25, -0.2) is 4.90 Å². The van der Waals surface area contributed by atoms with E-state index in [9.17, 15) is 9.59 Å². The molecule has 2 aromatic rings. The number of anilines is 2. The lowest BCUT2D eigenvalue weighted by atomic mass is 10.1. The Hall–Kier alpha value is -2.63. The smallest absolute Gasteiger partial charge is 0.268 e. The zero-order chi connectivity index (χ0) is 12.9. The summed E-state index contributed by atoms with van der Waals surface area (Å²) < 4.78 is 1.53. The fourth-order valence-electron chi connectivity index (χ4n) is 2.07. The third kappa shape index (κ3) is 1.26. The molecule has 2 heterocycles. The first kappa shape index (κ1) is 10.5. The quantitative estimate of drug-likeness (QED) is 0.592. The van der Waals surface area contributed by atoms with Gasteiger partial charge in [0.05, 0.1) is 23.0 Å². The van der Waals surface area contributed by atoms with Gasteiger partial charge in [0, 0.05) is 18.9 Å². The van der Waals surface area contributed by atoms with Crippen molar-refractivity contribution in [2.24, 2.45) is 7.05 Å². The number of aromatic nitrogens is 2. The van der Waals surface area contributed by atoms with Crippen molar-refractivity contribution in [2.45, 2.75) is 0 Å². The molecule has 1 aromatic heterocycles. The molecule has 0 atom stereocenters. The summed E-state index contributed by atoms with van der Waals surface area (Å²) in [5, 5.41) is 3.95. The molecule has 0 radical (unpaired) electrons. The minimum Gasteiger partial charge on any atom is -0.398 e. The minimum atomic E-state index is -0.402. The van der Waals surface area contributed by atoms with Crippen LogP contribution in [-0.4, -0.2) is 21.6 Å². The molecular weight excluding hydrogens is 232 g/mol. The molecule has 2 amide bonds. The highest BCUT2D eigenvalue weighted by molar-refractivity contribution is 6.35. The van der Waals surface area contributed by atoms with Crippen LogP contribution in [-0.2, 0) is 7.05 Å². The lowest BCUT2D eigenvalue weighted by Crippen LogP contribution is -2.29. The Morgan fingerprint density at radius 1 is 1.22 bits per heavy atom. The first-order chi connectivity index (χ1) is 8.59. The molecule has 6 heteroatoms. The van der Waals surface area contributed by atoms with E-state index in [1.54, 1.807) is 31.4 Å². The molecule has 1 aliphatic heterocycles. The molecule has 0 saturated carbocycles. The van der Waals surface area contributed by atoms with Crippen LogP contribution >= 0.6 is 0 Å². The molecule has 0 aliphatic carbocycles. The highest BCUT2D eigenvalue weighted by Gasteiger charge is 2.38. The molecule has 90 valence electrons. The van der Waals surface area contributed by atoms with E-state index in [0.29, 0.717) is 16.9 Å². The van der Waals surface area contributed by atoms with Gasteiger partial charge in [-0.15, -0.1) is 0 Å². The van der Waals surface area contributed by atoms with E-state index in [1.807, 2.05) is 0 Å². The van der Waals surface area contributed by atoms with Gasteiger partial charge in [0.2, 0.25) is 0 Å². The van der Waals surface area contributed by atoms with E-state index >= 15 is 0 Å². The number of nitrogens with two attached hydrogens (primary N) is 1. The van der Waals surface area contributed by atoms with Gasteiger partial charge in [-0.2, -0.15) is 5.10 Å². The van der Waals surface area contributed by atoms with Crippen molar-refractivity contribution >= 4 is 23.2 Å². The number of amides is 2. The number of carbonyl (C=O) groups excluding carboxylic acids is 2. The van der Waals surface area contributed by atoms with Crippen molar-refractivity contribution in [3.05, 3.63) is 41.7 Å². The molecule has 3 rings (SSSR count). The van der Waals surface area contributed by atoms with E-state index in [-0.39, 0.29) is 11.5 Å². The van der Waals surface area contributed by atoms with Crippen LogP contribution in [0.3, 0.4) is 0 Å². The second-order valence-corrected chi connectivity index (χ2v) is 4.09. The molecule has 1 aromatic carbocycles. The summed E-state index contributed by atoms with van der Waals surface area (Å²) in [5.74, 6) is -0.767. The van der Waals surface area contributed by atoms with Gasteiger partial charge in [0.25, 0.3) is 11.8 Å². The van der Waals surface area contributed by atoms with Crippen LogP contribution in [0.15, 0.2) is 30.6 Å². The summed E-state index contributed by atoms with van der Waals surface area (Å²) in [6, 6.07) is 4.87. The predicted molar refractivity (Wildman–Crippen MR) is 65.2 cm³/mol. The van der Waals surface area contributed by atoms with Crippen molar-refractivity contribution in [2.75, 3.05) is 10.6 Å². The van der Waals surface area contributed by atoms with Gasteiger partial charge in [0.15, 0.2) is 0 Å². The maximum Gasteiger partial charge on any atom is 0.268 e. The molecule has 0 spiro atoms. The number of benzene rings is 1. The first-order valence-corrected chi connectivity index (χ1v) is 5.35. The van der Waals surface area contributed by atoms with Gasteiger partial charge >= 0.3 is 0 Å². The zero-order valence-corrected chi connectivity index (χ0v) is 9.62. The summed E-state index contributed by atoms with van der Waals surface area (Å²) in [6.07, 6.45) is 3.08. The first-order valence-electron chi connectivity index (χ1n) is 5.35. The standard InChI is InChI=1S/C12H10N4O2/c1-15-6-7(5-14-15)16-11(17)8-3-2-4-9(13)10(8)12(16)18/h2-6H,13H2,1H3. The maximum absolute atomic E-state index is 12.2. The molecule has 0 fully saturated rings. The predicted octanol–water partition coefficient (Wildman–Crippen LogP) is 0.803. The van der Waals surface area contributed by atoms with Crippen molar-refractivity contribution in [1.29, 1.82) is 0 Å². The van der Waals surface area contributed by atoms with Crippen molar-refractivity contribution in [3.8, 4) is 0 Å². The average Bonchev–Trinajstić information content (AvgIpc) is 2.84. The Labute approximate surface area is 103 Å². The second-order valence-electron chi connectivity index (χ2n) is 4.09. The van der Waals surface area contributed by atoms with Crippen molar-refractivity contribution < 1.29 is 9.59 Å². The van der Waals surface area contributed by atoms with Gasteiger partial charge in [-0.1, -0.05) is 6.07 Å². The molecule has 0 unspecified atom stereocenters. The molecule has 0 bridgehead atoms. The van der Waals surface area contributed by atoms with E-state index in [4.69, 9.17) is 5.73 Å². The normalized spacial score (nSPS) is 14.2.